The van der Waals surface area contributed by atoms with Gasteiger partial charge in [-0.05, 0) is 50.6 Å². The first kappa shape index (κ1) is 20.0. The predicted molar refractivity (Wildman–Crippen MR) is 100 cm³/mol. The molecule has 1 N–H and O–H groups in total. The molecule has 1 saturated carbocycles. The number of aromatic nitrogens is 1. The molecule has 3 nitrogen and oxygen atoms in total. The number of pyridine rings is 1. The molecule has 1 fully saturated rings. The van der Waals surface area contributed by atoms with Crippen LogP contribution in [0.3, 0.4) is 0 Å². The topological polar surface area (TPSA) is 34.1 Å². The molecule has 0 amide bonds. The molecule has 1 aliphatic carbocycles. The first-order valence-electron chi connectivity index (χ1n) is 7.16. The van der Waals surface area contributed by atoms with Crippen molar-refractivity contribution in [1.29, 1.82) is 0 Å². The van der Waals surface area contributed by atoms with Gasteiger partial charge in [0.25, 0.3) is 0 Å². The second-order valence-electron chi connectivity index (χ2n) is 5.63. The Bertz CT molecular complexity index is 660. The third kappa shape index (κ3) is 4.74. The smallest absolute Gasteiger partial charge is 0.138 e. The molecule has 23 heavy (non-hydrogen) atoms. The number of benzene rings is 1. The highest BCUT2D eigenvalue weighted by Gasteiger charge is 2.41. The van der Waals surface area contributed by atoms with Crippen molar-refractivity contribution in [3.63, 3.8) is 0 Å². The summed E-state index contributed by atoms with van der Waals surface area (Å²) in [6.07, 6.45) is 4.13. The maximum absolute atomic E-state index is 6.08. The lowest BCUT2D eigenvalue weighted by Crippen LogP contribution is -2.33. The average molecular weight is 376 g/mol. The number of hydrogen-bond acceptors (Lipinski definition) is 3. The minimum absolute atomic E-state index is 0. The number of hydrogen-bond donors (Lipinski definition) is 1. The van der Waals surface area contributed by atoms with Gasteiger partial charge in [-0.1, -0.05) is 23.7 Å². The van der Waals surface area contributed by atoms with Gasteiger partial charge in [0.15, 0.2) is 0 Å². The molecule has 0 spiro atoms. The summed E-state index contributed by atoms with van der Waals surface area (Å²) < 4.78 is 5.91. The normalized spacial score (nSPS) is 14.4. The molecule has 1 heterocycles. The molecule has 6 heteroatoms. The molecule has 1 aromatic carbocycles. The Morgan fingerprint density at radius 2 is 2.00 bits per heavy atom. The molecule has 126 valence electrons. The van der Waals surface area contributed by atoms with Crippen molar-refractivity contribution in [1.82, 2.24) is 10.3 Å². The van der Waals surface area contributed by atoms with E-state index in [1.54, 1.807) is 6.20 Å². The van der Waals surface area contributed by atoms with Crippen molar-refractivity contribution in [2.75, 3.05) is 13.7 Å². The van der Waals surface area contributed by atoms with Crippen molar-refractivity contribution in [2.24, 2.45) is 0 Å². The number of aryl methyl sites for hydroxylation is 1. The van der Waals surface area contributed by atoms with Gasteiger partial charge in [-0.2, -0.15) is 0 Å². The summed E-state index contributed by atoms with van der Waals surface area (Å²) in [6.45, 7) is 2.68. The zero-order valence-corrected chi connectivity index (χ0v) is 15.5. The molecule has 0 unspecified atom stereocenters. The van der Waals surface area contributed by atoms with E-state index in [1.165, 1.54) is 12.8 Å². The minimum atomic E-state index is 0. The van der Waals surface area contributed by atoms with Gasteiger partial charge in [0.1, 0.15) is 12.4 Å². The second-order valence-corrected chi connectivity index (χ2v) is 6.07. The van der Waals surface area contributed by atoms with Crippen molar-refractivity contribution in [2.45, 2.75) is 25.3 Å². The number of nitrogens with zero attached hydrogens (tertiary/aromatic N) is 1. The molecule has 1 aromatic heterocycles. The molecular weight excluding hydrogens is 355 g/mol. The molecule has 0 saturated heterocycles. The van der Waals surface area contributed by atoms with Gasteiger partial charge in [-0.15, -0.1) is 24.8 Å². The Balaban J connectivity index is 0.00000132. The van der Waals surface area contributed by atoms with E-state index >= 15 is 0 Å². The van der Waals surface area contributed by atoms with Gasteiger partial charge >= 0.3 is 0 Å². The molecule has 2 aromatic rings. The monoisotopic (exact) mass is 374 g/mol. The van der Waals surface area contributed by atoms with Crippen LogP contribution in [-0.2, 0) is 0 Å². The fourth-order valence-corrected chi connectivity index (χ4v) is 2.57. The molecule has 0 aliphatic heterocycles. The molecular formula is C17H21Cl3N2O. The summed E-state index contributed by atoms with van der Waals surface area (Å²) in [7, 11) is 1.99. The van der Waals surface area contributed by atoms with Crippen LogP contribution < -0.4 is 10.1 Å². The third-order valence-electron chi connectivity index (χ3n) is 4.10. The fraction of sp³-hybridized carbons (Fsp3) is 0.353. The number of ether oxygens (including phenoxy) is 1. The van der Waals surface area contributed by atoms with E-state index in [2.05, 4.69) is 10.3 Å². The van der Waals surface area contributed by atoms with Crippen LogP contribution in [0, 0.1) is 6.92 Å². The van der Waals surface area contributed by atoms with E-state index in [-0.39, 0.29) is 30.4 Å². The van der Waals surface area contributed by atoms with Crippen molar-refractivity contribution in [3.05, 3.63) is 47.2 Å². The van der Waals surface area contributed by atoms with Crippen LogP contribution >= 0.6 is 36.4 Å². The van der Waals surface area contributed by atoms with Gasteiger partial charge in [-0.25, -0.2) is 0 Å². The predicted octanol–water partition coefficient (Wildman–Crippen LogP) is 4.68. The lowest BCUT2D eigenvalue weighted by Gasteiger charge is -2.16. The van der Waals surface area contributed by atoms with Crippen LogP contribution in [0.5, 0.6) is 5.75 Å². The maximum atomic E-state index is 6.08. The van der Waals surface area contributed by atoms with E-state index in [4.69, 9.17) is 16.3 Å². The van der Waals surface area contributed by atoms with E-state index in [1.807, 2.05) is 44.3 Å². The molecule has 0 bridgehead atoms. The number of halogens is 3. The summed E-state index contributed by atoms with van der Waals surface area (Å²) in [4.78, 5) is 4.44. The van der Waals surface area contributed by atoms with Gasteiger partial charge in [0.2, 0.25) is 0 Å². The molecule has 3 rings (SSSR count). The lowest BCUT2D eigenvalue weighted by atomic mass is 10.0. The first-order chi connectivity index (χ1) is 10.1. The molecule has 1 aliphatic rings. The largest absolute Gasteiger partial charge is 0.490 e. The van der Waals surface area contributed by atoms with Crippen molar-refractivity contribution < 1.29 is 4.74 Å². The second kappa shape index (κ2) is 8.20. The van der Waals surface area contributed by atoms with E-state index in [0.717, 1.165) is 27.6 Å². The third-order valence-corrected chi connectivity index (χ3v) is 4.33. The highest BCUT2D eigenvalue weighted by molar-refractivity contribution is 6.30. The van der Waals surface area contributed by atoms with Crippen LogP contribution in [0.1, 0.15) is 18.5 Å². The Morgan fingerprint density at radius 3 is 2.61 bits per heavy atom. The van der Waals surface area contributed by atoms with Crippen LogP contribution in [0.4, 0.5) is 0 Å². The van der Waals surface area contributed by atoms with Crippen molar-refractivity contribution in [3.8, 4) is 16.9 Å². The molecule has 0 atom stereocenters. The Kier molecular flexibility index (Phi) is 7.15. The summed E-state index contributed by atoms with van der Waals surface area (Å²) in [6, 6.07) is 9.85. The Labute approximate surface area is 154 Å². The minimum Gasteiger partial charge on any atom is -0.490 e. The van der Waals surface area contributed by atoms with E-state index in [9.17, 15) is 0 Å². The highest BCUT2D eigenvalue weighted by atomic mass is 35.5. The quantitative estimate of drug-likeness (QED) is 0.823. The van der Waals surface area contributed by atoms with Gasteiger partial charge in [-0.3, -0.25) is 4.98 Å². The number of rotatable bonds is 5. The Morgan fingerprint density at radius 1 is 1.26 bits per heavy atom. The standard InChI is InChI=1S/C17H19ClN2O.2ClH/c1-12-16(13-4-3-5-14(18)8-13)9-15(10-20-12)21-11-17(19-2)6-7-17;;/h3-5,8-10,19H,6-7,11H2,1-2H3;2*1H. The van der Waals surface area contributed by atoms with Crippen LogP contribution in [0.2, 0.25) is 5.02 Å². The zero-order chi connectivity index (χ0) is 14.9. The van der Waals surface area contributed by atoms with E-state index < -0.39 is 0 Å². The Hall–Kier alpha value is -1.000. The highest BCUT2D eigenvalue weighted by Crippen LogP contribution is 2.36. The van der Waals surface area contributed by atoms with E-state index in [0.29, 0.717) is 6.61 Å². The van der Waals surface area contributed by atoms with Gasteiger partial charge in [0.05, 0.1) is 11.7 Å². The lowest BCUT2D eigenvalue weighted by molar-refractivity contribution is 0.259. The number of likely N-dealkylation sites (N-methyl/N-ethyl adjacent to an activating group) is 1. The van der Waals surface area contributed by atoms with Gasteiger partial charge < -0.3 is 10.1 Å². The van der Waals surface area contributed by atoms with Crippen molar-refractivity contribution >= 4 is 36.4 Å². The summed E-state index contributed by atoms with van der Waals surface area (Å²) >= 11 is 6.08. The van der Waals surface area contributed by atoms with Crippen LogP contribution in [0.15, 0.2) is 36.5 Å². The fourth-order valence-electron chi connectivity index (χ4n) is 2.38. The van der Waals surface area contributed by atoms with Crippen LogP contribution in [-0.4, -0.2) is 24.2 Å². The average Bonchev–Trinajstić information content (AvgIpc) is 3.27. The van der Waals surface area contributed by atoms with Crippen LogP contribution in [0.25, 0.3) is 11.1 Å². The summed E-state index contributed by atoms with van der Waals surface area (Å²) in [5.41, 5.74) is 3.26. The summed E-state index contributed by atoms with van der Waals surface area (Å²) in [5.74, 6) is 0.803. The van der Waals surface area contributed by atoms with Gasteiger partial charge in [0, 0.05) is 16.3 Å². The SMILES string of the molecule is CNC1(COc2cnc(C)c(-c3cccc(Cl)c3)c2)CC1.Cl.Cl. The molecule has 0 radical (unpaired) electrons. The maximum Gasteiger partial charge on any atom is 0.138 e. The first-order valence-corrected chi connectivity index (χ1v) is 7.54. The zero-order valence-electron chi connectivity index (χ0n) is 13.1. The number of nitrogens with one attached hydrogen (secondary N) is 1. The summed E-state index contributed by atoms with van der Waals surface area (Å²) in [5, 5.41) is 4.05.